The molecule has 0 fully saturated rings. The number of methoxy groups -OCH3 is 1. The number of hydrogen-bond donors (Lipinski definition) is 1. The largest absolute Gasteiger partial charge is 0.465 e. The number of rotatable bonds is 4. The molecule has 4 aromatic rings. The van der Waals surface area contributed by atoms with Gasteiger partial charge < -0.3 is 14.5 Å². The van der Waals surface area contributed by atoms with Crippen molar-refractivity contribution in [2.24, 2.45) is 0 Å². The van der Waals surface area contributed by atoms with E-state index in [4.69, 9.17) is 9.15 Å². The molecule has 0 aliphatic carbocycles. The van der Waals surface area contributed by atoms with Gasteiger partial charge in [-0.15, -0.1) is 0 Å². The van der Waals surface area contributed by atoms with Gasteiger partial charge in [-0.2, -0.15) is 5.10 Å². The van der Waals surface area contributed by atoms with E-state index >= 15 is 0 Å². The van der Waals surface area contributed by atoms with Crippen LogP contribution < -0.4 is 10.9 Å². The molecule has 8 heteroatoms. The first kappa shape index (κ1) is 17.5. The van der Waals surface area contributed by atoms with Gasteiger partial charge in [-0.1, -0.05) is 24.3 Å². The fraction of sp³-hybridized carbons (Fsp3) is 0.100. The topological polar surface area (TPSA) is 103 Å². The lowest BCUT2D eigenvalue weighted by Gasteiger charge is -2.10. The van der Waals surface area contributed by atoms with Gasteiger partial charge in [-0.25, -0.2) is 9.59 Å². The lowest BCUT2D eigenvalue weighted by molar-refractivity contribution is -0.116. The fourth-order valence-electron chi connectivity index (χ4n) is 3.05. The molecule has 1 amide bonds. The molecular weight excluding hydrogens is 362 g/mol. The highest BCUT2D eigenvalue weighted by molar-refractivity contribution is 6.04. The molecule has 2 aromatic carbocycles. The molecule has 2 aromatic heterocycles. The second kappa shape index (κ2) is 6.99. The Bertz CT molecular complexity index is 1270. The van der Waals surface area contributed by atoms with Crippen LogP contribution in [0.25, 0.3) is 21.9 Å². The number of aromatic nitrogens is 2. The second-order valence-electron chi connectivity index (χ2n) is 6.04. The normalized spacial score (nSPS) is 10.9. The Morgan fingerprint density at radius 1 is 1.11 bits per heavy atom. The Morgan fingerprint density at radius 3 is 2.68 bits per heavy atom. The number of fused-ring (bicyclic) bond motifs is 3. The van der Waals surface area contributed by atoms with E-state index in [9.17, 15) is 14.4 Å². The Balaban J connectivity index is 1.69. The number of esters is 1. The summed E-state index contributed by atoms with van der Waals surface area (Å²) in [5.41, 5.74) is 0.993. The van der Waals surface area contributed by atoms with Gasteiger partial charge in [0.25, 0.3) is 0 Å². The predicted octanol–water partition coefficient (Wildman–Crippen LogP) is 2.57. The molecule has 0 bridgehead atoms. The lowest BCUT2D eigenvalue weighted by atomic mass is 10.2. The van der Waals surface area contributed by atoms with Crippen molar-refractivity contribution in [2.45, 2.75) is 6.54 Å². The molecule has 4 rings (SSSR count). The molecule has 1 N–H and O–H groups in total. The number of nitrogens with one attached hydrogen (secondary N) is 1. The zero-order chi connectivity index (χ0) is 19.7. The van der Waals surface area contributed by atoms with Gasteiger partial charge in [0.2, 0.25) is 5.91 Å². The number of ether oxygens (including phenoxy) is 1. The minimum Gasteiger partial charge on any atom is -0.465 e. The van der Waals surface area contributed by atoms with Crippen LogP contribution in [-0.4, -0.2) is 28.8 Å². The van der Waals surface area contributed by atoms with Crippen molar-refractivity contribution in [3.8, 4) is 0 Å². The Labute approximate surface area is 158 Å². The molecule has 0 radical (unpaired) electrons. The monoisotopic (exact) mass is 377 g/mol. The first-order valence-corrected chi connectivity index (χ1v) is 8.43. The Hall–Kier alpha value is -3.94. The van der Waals surface area contributed by atoms with Crippen LogP contribution in [-0.2, 0) is 16.1 Å². The van der Waals surface area contributed by atoms with E-state index in [1.165, 1.54) is 18.0 Å². The molecule has 2 heterocycles. The summed E-state index contributed by atoms with van der Waals surface area (Å²) in [5, 5.41) is 7.83. The number of benzene rings is 2. The standard InChI is InChI=1S/C20H15N3O5/c1-27-19(25)12-6-2-4-8-15(12)22-17(24)11-23-18-13-7-3-5-9-16(13)28-20(26)14(18)10-21-23/h2-10H,11H2,1H3,(H,22,24). The van der Waals surface area contributed by atoms with E-state index in [-0.39, 0.29) is 12.1 Å². The zero-order valence-electron chi connectivity index (χ0n) is 14.8. The SMILES string of the molecule is COC(=O)c1ccccc1NC(=O)Cn1ncc2c(=O)oc3ccccc3c21. The van der Waals surface area contributed by atoms with Gasteiger partial charge in [-0.05, 0) is 24.3 Å². The summed E-state index contributed by atoms with van der Waals surface area (Å²) in [4.78, 5) is 36.6. The summed E-state index contributed by atoms with van der Waals surface area (Å²) in [5.74, 6) is -0.956. The third kappa shape index (κ3) is 3.01. The Kier molecular flexibility index (Phi) is 4.36. The number of carbonyl (C=O) groups is 2. The van der Waals surface area contributed by atoms with Crippen molar-refractivity contribution < 1.29 is 18.7 Å². The predicted molar refractivity (Wildman–Crippen MR) is 102 cm³/mol. The van der Waals surface area contributed by atoms with E-state index < -0.39 is 17.5 Å². The van der Waals surface area contributed by atoms with Crippen LogP contribution in [0.5, 0.6) is 0 Å². The third-order valence-corrected chi connectivity index (χ3v) is 4.30. The van der Waals surface area contributed by atoms with Gasteiger partial charge in [-0.3, -0.25) is 9.48 Å². The maximum Gasteiger partial charge on any atom is 0.347 e. The van der Waals surface area contributed by atoms with E-state index in [0.29, 0.717) is 27.6 Å². The fourth-order valence-corrected chi connectivity index (χ4v) is 3.05. The quantitative estimate of drug-likeness (QED) is 0.433. The first-order valence-electron chi connectivity index (χ1n) is 8.43. The smallest absolute Gasteiger partial charge is 0.347 e. The van der Waals surface area contributed by atoms with Gasteiger partial charge in [0.15, 0.2) is 0 Å². The minimum atomic E-state index is -0.552. The van der Waals surface area contributed by atoms with Crippen molar-refractivity contribution >= 4 is 39.4 Å². The minimum absolute atomic E-state index is 0.146. The number of anilines is 1. The molecule has 0 atom stereocenters. The first-order chi connectivity index (χ1) is 13.6. The van der Waals surface area contributed by atoms with Gasteiger partial charge in [0.1, 0.15) is 17.5 Å². The summed E-state index contributed by atoms with van der Waals surface area (Å²) in [7, 11) is 1.27. The highest BCUT2D eigenvalue weighted by Gasteiger charge is 2.17. The molecular formula is C20H15N3O5. The average Bonchev–Trinajstić information content (AvgIpc) is 3.12. The number of amides is 1. The van der Waals surface area contributed by atoms with Crippen LogP contribution in [0, 0.1) is 0 Å². The van der Waals surface area contributed by atoms with E-state index in [2.05, 4.69) is 10.4 Å². The third-order valence-electron chi connectivity index (χ3n) is 4.30. The van der Waals surface area contributed by atoms with Crippen molar-refractivity contribution in [3.63, 3.8) is 0 Å². The number of hydrogen-bond acceptors (Lipinski definition) is 6. The number of para-hydroxylation sites is 2. The van der Waals surface area contributed by atoms with E-state index in [0.717, 1.165) is 0 Å². The van der Waals surface area contributed by atoms with Crippen LogP contribution in [0.1, 0.15) is 10.4 Å². The molecule has 0 aliphatic heterocycles. The molecule has 0 spiro atoms. The molecule has 0 aliphatic rings. The summed E-state index contributed by atoms with van der Waals surface area (Å²) in [6, 6.07) is 13.6. The van der Waals surface area contributed by atoms with E-state index in [1.807, 2.05) is 6.07 Å². The highest BCUT2D eigenvalue weighted by atomic mass is 16.5. The zero-order valence-corrected chi connectivity index (χ0v) is 14.8. The van der Waals surface area contributed by atoms with Crippen molar-refractivity contribution in [1.29, 1.82) is 0 Å². The Morgan fingerprint density at radius 2 is 1.86 bits per heavy atom. The molecule has 8 nitrogen and oxygen atoms in total. The summed E-state index contributed by atoms with van der Waals surface area (Å²) in [6.45, 7) is -0.146. The number of nitrogens with zero attached hydrogens (tertiary/aromatic N) is 2. The van der Waals surface area contributed by atoms with Crippen molar-refractivity contribution in [2.75, 3.05) is 12.4 Å². The number of carbonyl (C=O) groups excluding carboxylic acids is 2. The maximum atomic E-state index is 12.6. The molecule has 28 heavy (non-hydrogen) atoms. The van der Waals surface area contributed by atoms with Crippen LogP contribution in [0.4, 0.5) is 5.69 Å². The molecule has 140 valence electrons. The lowest BCUT2D eigenvalue weighted by Crippen LogP contribution is -2.21. The summed E-state index contributed by atoms with van der Waals surface area (Å²) < 4.78 is 11.4. The van der Waals surface area contributed by atoms with E-state index in [1.54, 1.807) is 42.5 Å². The maximum absolute atomic E-state index is 12.6. The second-order valence-corrected chi connectivity index (χ2v) is 6.04. The highest BCUT2D eigenvalue weighted by Crippen LogP contribution is 2.22. The van der Waals surface area contributed by atoms with Gasteiger partial charge >= 0.3 is 11.6 Å². The van der Waals surface area contributed by atoms with Gasteiger partial charge in [0.05, 0.1) is 30.1 Å². The average molecular weight is 377 g/mol. The van der Waals surface area contributed by atoms with Crippen LogP contribution >= 0.6 is 0 Å². The molecule has 0 unspecified atom stereocenters. The summed E-state index contributed by atoms with van der Waals surface area (Å²) in [6.07, 6.45) is 1.38. The van der Waals surface area contributed by atoms with Crippen LogP contribution in [0.2, 0.25) is 0 Å². The van der Waals surface area contributed by atoms with Gasteiger partial charge in [0, 0.05) is 5.39 Å². The molecule has 0 saturated heterocycles. The molecule has 0 saturated carbocycles. The summed E-state index contributed by atoms with van der Waals surface area (Å²) >= 11 is 0. The van der Waals surface area contributed by atoms with Crippen molar-refractivity contribution in [3.05, 3.63) is 70.7 Å². The van der Waals surface area contributed by atoms with Crippen molar-refractivity contribution in [1.82, 2.24) is 9.78 Å². The van der Waals surface area contributed by atoms with Crippen LogP contribution in [0.3, 0.4) is 0 Å². The van der Waals surface area contributed by atoms with Crippen LogP contribution in [0.15, 0.2) is 63.9 Å².